The molecule has 0 bridgehead atoms. The van der Waals surface area contributed by atoms with Crippen LogP contribution in [0.5, 0.6) is 0 Å². The third kappa shape index (κ3) is 2.29. The van der Waals surface area contributed by atoms with E-state index in [1.165, 1.54) is 37.5 Å². The highest BCUT2D eigenvalue weighted by molar-refractivity contribution is 5.89. The summed E-state index contributed by atoms with van der Waals surface area (Å²) in [6.07, 6.45) is 3.76. The Balaban J connectivity index is 2.41. The van der Waals surface area contributed by atoms with Crippen molar-refractivity contribution in [2.75, 3.05) is 7.11 Å². The fraction of sp³-hybridized carbons (Fsp3) is 0.562. The molecule has 1 aliphatic rings. The van der Waals surface area contributed by atoms with Gasteiger partial charge in [0.1, 0.15) is 0 Å². The standard InChI is InChI=1S/C16H22O2/c1-11-7-8-12(15(17)18-4)10-13(11)14-6-5-9-16(14,2)3/h7-8,10,14H,5-6,9H2,1-4H3. The van der Waals surface area contributed by atoms with E-state index in [0.29, 0.717) is 16.9 Å². The van der Waals surface area contributed by atoms with E-state index in [2.05, 4.69) is 20.8 Å². The van der Waals surface area contributed by atoms with Gasteiger partial charge in [0.2, 0.25) is 0 Å². The maximum Gasteiger partial charge on any atom is 0.337 e. The zero-order chi connectivity index (χ0) is 13.3. The monoisotopic (exact) mass is 246 g/mol. The Hall–Kier alpha value is -1.31. The Morgan fingerprint density at radius 1 is 1.39 bits per heavy atom. The number of hydrogen-bond acceptors (Lipinski definition) is 2. The number of esters is 1. The first kappa shape index (κ1) is 13.1. The summed E-state index contributed by atoms with van der Waals surface area (Å²) >= 11 is 0. The van der Waals surface area contributed by atoms with E-state index in [-0.39, 0.29) is 5.97 Å². The average molecular weight is 246 g/mol. The van der Waals surface area contributed by atoms with Gasteiger partial charge in [0.15, 0.2) is 0 Å². The molecule has 0 heterocycles. The summed E-state index contributed by atoms with van der Waals surface area (Å²) < 4.78 is 4.81. The van der Waals surface area contributed by atoms with Crippen LogP contribution >= 0.6 is 0 Å². The van der Waals surface area contributed by atoms with Crippen molar-refractivity contribution in [1.29, 1.82) is 0 Å². The van der Waals surface area contributed by atoms with Gasteiger partial charge in [0, 0.05) is 0 Å². The van der Waals surface area contributed by atoms with Gasteiger partial charge in [0.05, 0.1) is 12.7 Å². The van der Waals surface area contributed by atoms with E-state index in [4.69, 9.17) is 4.74 Å². The molecular weight excluding hydrogens is 224 g/mol. The number of carbonyl (C=O) groups excluding carboxylic acids is 1. The van der Waals surface area contributed by atoms with Gasteiger partial charge in [-0.3, -0.25) is 0 Å². The van der Waals surface area contributed by atoms with Crippen LogP contribution in [-0.4, -0.2) is 13.1 Å². The number of ether oxygens (including phenoxy) is 1. The number of carbonyl (C=O) groups is 1. The molecule has 1 aromatic carbocycles. The number of aryl methyl sites for hydroxylation is 1. The Labute approximate surface area is 109 Å². The van der Waals surface area contributed by atoms with Crippen LogP contribution in [0.1, 0.15) is 60.5 Å². The molecule has 98 valence electrons. The maximum absolute atomic E-state index is 11.6. The first-order valence-electron chi connectivity index (χ1n) is 6.64. The molecule has 0 aliphatic heterocycles. The Bertz CT molecular complexity index is 460. The van der Waals surface area contributed by atoms with Crippen LogP contribution in [0.3, 0.4) is 0 Å². The lowest BCUT2D eigenvalue weighted by Crippen LogP contribution is -2.17. The Morgan fingerprint density at radius 3 is 2.67 bits per heavy atom. The molecule has 0 aromatic heterocycles. The number of benzene rings is 1. The van der Waals surface area contributed by atoms with Gasteiger partial charge in [-0.25, -0.2) is 4.79 Å². The SMILES string of the molecule is COC(=O)c1ccc(C)c(C2CCCC2(C)C)c1. The molecule has 0 N–H and O–H groups in total. The molecule has 1 aromatic rings. The number of rotatable bonds is 2. The summed E-state index contributed by atoms with van der Waals surface area (Å²) in [4.78, 5) is 11.6. The molecule has 1 saturated carbocycles. The molecule has 0 radical (unpaired) electrons. The Morgan fingerprint density at radius 2 is 2.11 bits per heavy atom. The lowest BCUT2D eigenvalue weighted by atomic mass is 9.76. The molecule has 1 atom stereocenters. The largest absolute Gasteiger partial charge is 0.465 e. The second kappa shape index (κ2) is 4.75. The van der Waals surface area contributed by atoms with Gasteiger partial charge in [-0.1, -0.05) is 26.3 Å². The topological polar surface area (TPSA) is 26.3 Å². The predicted octanol–water partition coefficient (Wildman–Crippen LogP) is 4.08. The lowest BCUT2D eigenvalue weighted by molar-refractivity contribution is 0.0600. The van der Waals surface area contributed by atoms with Crippen LogP contribution in [0, 0.1) is 12.3 Å². The highest BCUT2D eigenvalue weighted by Crippen LogP contribution is 2.49. The summed E-state index contributed by atoms with van der Waals surface area (Å²) in [7, 11) is 1.43. The first-order chi connectivity index (χ1) is 8.45. The van der Waals surface area contributed by atoms with Gasteiger partial charge in [-0.15, -0.1) is 0 Å². The lowest BCUT2D eigenvalue weighted by Gasteiger charge is -2.29. The second-order valence-corrected chi connectivity index (χ2v) is 6.00. The van der Waals surface area contributed by atoms with E-state index < -0.39 is 0 Å². The highest BCUT2D eigenvalue weighted by atomic mass is 16.5. The van der Waals surface area contributed by atoms with Gasteiger partial charge in [-0.05, 0) is 54.4 Å². The van der Waals surface area contributed by atoms with Crippen LogP contribution < -0.4 is 0 Å². The summed E-state index contributed by atoms with van der Waals surface area (Å²) in [5, 5.41) is 0. The number of hydrogen-bond donors (Lipinski definition) is 0. The molecule has 2 nitrogen and oxygen atoms in total. The molecule has 2 heteroatoms. The van der Waals surface area contributed by atoms with Crippen LogP contribution in [-0.2, 0) is 4.74 Å². The zero-order valence-corrected chi connectivity index (χ0v) is 11.7. The predicted molar refractivity (Wildman–Crippen MR) is 72.9 cm³/mol. The summed E-state index contributed by atoms with van der Waals surface area (Å²) in [6, 6.07) is 5.92. The van der Waals surface area contributed by atoms with Crippen LogP contribution in [0.25, 0.3) is 0 Å². The zero-order valence-electron chi connectivity index (χ0n) is 11.7. The van der Waals surface area contributed by atoms with E-state index >= 15 is 0 Å². The average Bonchev–Trinajstić information content (AvgIpc) is 2.68. The van der Waals surface area contributed by atoms with E-state index in [1.807, 2.05) is 18.2 Å². The van der Waals surface area contributed by atoms with E-state index in [1.54, 1.807) is 0 Å². The van der Waals surface area contributed by atoms with Gasteiger partial charge in [0.25, 0.3) is 0 Å². The molecule has 2 rings (SSSR count). The van der Waals surface area contributed by atoms with Crippen molar-refractivity contribution in [3.05, 3.63) is 34.9 Å². The highest BCUT2D eigenvalue weighted by Gasteiger charge is 2.36. The van der Waals surface area contributed by atoms with E-state index in [9.17, 15) is 4.79 Å². The van der Waals surface area contributed by atoms with E-state index in [0.717, 1.165) is 0 Å². The van der Waals surface area contributed by atoms with Crippen molar-refractivity contribution < 1.29 is 9.53 Å². The van der Waals surface area contributed by atoms with Gasteiger partial charge < -0.3 is 4.74 Å². The summed E-state index contributed by atoms with van der Waals surface area (Å²) in [6.45, 7) is 6.79. The minimum atomic E-state index is -0.243. The number of methoxy groups -OCH3 is 1. The second-order valence-electron chi connectivity index (χ2n) is 6.00. The Kier molecular flexibility index (Phi) is 3.47. The quantitative estimate of drug-likeness (QED) is 0.735. The van der Waals surface area contributed by atoms with Crippen LogP contribution in [0.15, 0.2) is 18.2 Å². The molecule has 1 aliphatic carbocycles. The third-order valence-electron chi connectivity index (χ3n) is 4.33. The molecule has 1 fully saturated rings. The first-order valence-corrected chi connectivity index (χ1v) is 6.64. The minimum absolute atomic E-state index is 0.243. The fourth-order valence-electron chi connectivity index (χ4n) is 3.16. The fourth-order valence-corrected chi connectivity index (χ4v) is 3.16. The smallest absolute Gasteiger partial charge is 0.337 e. The van der Waals surface area contributed by atoms with Crippen molar-refractivity contribution in [1.82, 2.24) is 0 Å². The minimum Gasteiger partial charge on any atom is -0.465 e. The van der Waals surface area contributed by atoms with Gasteiger partial charge >= 0.3 is 5.97 Å². The van der Waals surface area contributed by atoms with Gasteiger partial charge in [-0.2, -0.15) is 0 Å². The maximum atomic E-state index is 11.6. The van der Waals surface area contributed by atoms with Crippen LogP contribution in [0.4, 0.5) is 0 Å². The van der Waals surface area contributed by atoms with Crippen molar-refractivity contribution in [3.8, 4) is 0 Å². The normalized spacial score (nSPS) is 21.9. The van der Waals surface area contributed by atoms with Crippen molar-refractivity contribution in [2.24, 2.45) is 5.41 Å². The summed E-state index contributed by atoms with van der Waals surface area (Å²) in [5.74, 6) is 0.314. The molecule has 0 amide bonds. The summed E-state index contributed by atoms with van der Waals surface area (Å²) in [5.41, 5.74) is 3.60. The molecule has 0 spiro atoms. The van der Waals surface area contributed by atoms with Crippen molar-refractivity contribution in [2.45, 2.75) is 46.0 Å². The molecular formula is C16H22O2. The third-order valence-corrected chi connectivity index (χ3v) is 4.33. The van der Waals surface area contributed by atoms with Crippen LogP contribution in [0.2, 0.25) is 0 Å². The molecule has 1 unspecified atom stereocenters. The van der Waals surface area contributed by atoms with Crippen molar-refractivity contribution >= 4 is 5.97 Å². The molecule has 0 saturated heterocycles. The van der Waals surface area contributed by atoms with Crippen molar-refractivity contribution in [3.63, 3.8) is 0 Å². The molecule has 18 heavy (non-hydrogen) atoms.